The van der Waals surface area contributed by atoms with E-state index in [1.807, 2.05) is 24.0 Å². The molecule has 6 nitrogen and oxygen atoms in total. The maximum atomic E-state index is 13.8. The van der Waals surface area contributed by atoms with E-state index in [2.05, 4.69) is 4.90 Å². The number of thioether (sulfide) groups is 1. The molecule has 2 aliphatic rings. The number of carboxylic acid groups (broad SMARTS) is 1. The van der Waals surface area contributed by atoms with Crippen LogP contribution in [0.5, 0.6) is 0 Å². The van der Waals surface area contributed by atoms with Crippen LogP contribution in [-0.2, 0) is 16.1 Å². The number of likely N-dealkylation sites (N-methyl/N-ethyl adjacent to an activating group) is 1. The summed E-state index contributed by atoms with van der Waals surface area (Å²) in [6.07, 6.45) is 1.63. The molecule has 1 unspecified atom stereocenters. The van der Waals surface area contributed by atoms with E-state index in [-0.39, 0.29) is 30.0 Å². The van der Waals surface area contributed by atoms with E-state index in [9.17, 15) is 19.1 Å². The van der Waals surface area contributed by atoms with E-state index in [0.29, 0.717) is 36.0 Å². The number of hydrogen-bond donors (Lipinski definition) is 1. The fraction of sp³-hybridized carbons (Fsp3) is 0.429. The maximum Gasteiger partial charge on any atom is 0.338 e. The van der Waals surface area contributed by atoms with Gasteiger partial charge in [0.25, 0.3) is 0 Å². The molecular formula is C21H26FN3O3S. The number of carboxylic acids is 1. The molecule has 1 aromatic carbocycles. The Labute approximate surface area is 174 Å². The van der Waals surface area contributed by atoms with Gasteiger partial charge in [-0.1, -0.05) is 19.1 Å². The number of benzene rings is 1. The quantitative estimate of drug-likeness (QED) is 0.765. The van der Waals surface area contributed by atoms with Gasteiger partial charge in [0.05, 0.1) is 17.1 Å². The lowest BCUT2D eigenvalue weighted by Gasteiger charge is -2.45. The summed E-state index contributed by atoms with van der Waals surface area (Å²) < 4.78 is 13.8. The molecule has 0 bridgehead atoms. The minimum absolute atomic E-state index is 0.0331. The minimum Gasteiger partial charge on any atom is -0.478 e. The number of halogens is 1. The highest BCUT2D eigenvalue weighted by Crippen LogP contribution is 2.37. The van der Waals surface area contributed by atoms with Crippen molar-refractivity contribution in [3.05, 3.63) is 57.9 Å². The molecule has 1 atom stereocenters. The number of aliphatic carboxylic acids is 1. The number of carbonyl (C=O) groups is 2. The minimum atomic E-state index is -0.980. The van der Waals surface area contributed by atoms with E-state index in [4.69, 9.17) is 0 Å². The molecule has 156 valence electrons. The molecule has 2 heterocycles. The van der Waals surface area contributed by atoms with Gasteiger partial charge in [-0.3, -0.25) is 9.69 Å². The van der Waals surface area contributed by atoms with Crippen molar-refractivity contribution in [3.63, 3.8) is 0 Å². The zero-order valence-corrected chi connectivity index (χ0v) is 17.7. The van der Waals surface area contributed by atoms with Crippen LogP contribution >= 0.6 is 11.8 Å². The van der Waals surface area contributed by atoms with Crippen LogP contribution in [0, 0.1) is 5.82 Å². The second-order valence-electron chi connectivity index (χ2n) is 7.23. The molecule has 0 aromatic heterocycles. The number of carbonyl (C=O) groups excluding carboxylic acids is 1. The predicted octanol–water partition coefficient (Wildman–Crippen LogP) is 2.74. The molecule has 0 radical (unpaired) electrons. The standard InChI is InChI=1S/C21H26FN3O3S/c1-4-29-20-19(21(27)28)14(2)10-17(24-9-8-23(3)18(26)13-24)25(20)12-15-6-5-7-16(22)11-15/h5-7,10-11,17H,4,8-9,12-13H2,1-3H3,(H,27,28). The van der Waals surface area contributed by atoms with Gasteiger partial charge in [0.15, 0.2) is 0 Å². The van der Waals surface area contributed by atoms with E-state index < -0.39 is 5.97 Å². The Morgan fingerprint density at radius 1 is 1.34 bits per heavy atom. The van der Waals surface area contributed by atoms with Gasteiger partial charge in [0.2, 0.25) is 5.91 Å². The average molecular weight is 420 g/mol. The third-order valence-corrected chi connectivity index (χ3v) is 6.19. The van der Waals surface area contributed by atoms with Crippen molar-refractivity contribution in [3.8, 4) is 0 Å². The second-order valence-corrected chi connectivity index (χ2v) is 8.48. The summed E-state index contributed by atoms with van der Waals surface area (Å²) in [5.74, 6) is -0.574. The molecule has 2 aliphatic heterocycles. The second kappa shape index (κ2) is 9.00. The van der Waals surface area contributed by atoms with Gasteiger partial charge >= 0.3 is 5.97 Å². The molecular weight excluding hydrogens is 393 g/mol. The largest absolute Gasteiger partial charge is 0.478 e. The van der Waals surface area contributed by atoms with Gasteiger partial charge in [0.1, 0.15) is 12.0 Å². The summed E-state index contributed by atoms with van der Waals surface area (Å²) >= 11 is 1.46. The van der Waals surface area contributed by atoms with Crippen molar-refractivity contribution in [2.24, 2.45) is 0 Å². The van der Waals surface area contributed by atoms with E-state index in [1.54, 1.807) is 24.9 Å². The summed E-state index contributed by atoms with van der Waals surface area (Å²) in [5, 5.41) is 10.5. The van der Waals surface area contributed by atoms with Crippen LogP contribution in [-0.4, -0.2) is 70.3 Å². The van der Waals surface area contributed by atoms with Gasteiger partial charge < -0.3 is 14.9 Å². The normalized spacial score (nSPS) is 20.9. The molecule has 0 spiro atoms. The third-order valence-electron chi connectivity index (χ3n) is 5.19. The summed E-state index contributed by atoms with van der Waals surface area (Å²) in [5.41, 5.74) is 1.70. The van der Waals surface area contributed by atoms with Crippen LogP contribution in [0.1, 0.15) is 19.4 Å². The fourth-order valence-electron chi connectivity index (χ4n) is 3.68. The Kier molecular flexibility index (Phi) is 6.64. The number of rotatable bonds is 6. The van der Waals surface area contributed by atoms with E-state index in [1.165, 1.54) is 23.9 Å². The highest BCUT2D eigenvalue weighted by molar-refractivity contribution is 8.03. The molecule has 3 rings (SSSR count). The van der Waals surface area contributed by atoms with Crippen LogP contribution in [0.3, 0.4) is 0 Å². The number of nitrogens with zero attached hydrogens (tertiary/aromatic N) is 3. The van der Waals surface area contributed by atoms with E-state index in [0.717, 1.165) is 5.56 Å². The zero-order chi connectivity index (χ0) is 21.1. The summed E-state index contributed by atoms with van der Waals surface area (Å²) in [6, 6.07) is 6.33. The number of amides is 1. The van der Waals surface area contributed by atoms with Crippen molar-refractivity contribution >= 4 is 23.6 Å². The van der Waals surface area contributed by atoms with Gasteiger partial charge in [0, 0.05) is 26.7 Å². The highest BCUT2D eigenvalue weighted by atomic mass is 32.2. The molecule has 1 N–H and O–H groups in total. The SMILES string of the molecule is CCSC1=C(C(=O)O)C(C)=CC(N2CCN(C)C(=O)C2)N1Cc1cccc(F)c1. The lowest BCUT2D eigenvalue weighted by molar-refractivity contribution is -0.137. The predicted molar refractivity (Wildman–Crippen MR) is 111 cm³/mol. The topological polar surface area (TPSA) is 64.1 Å². The van der Waals surface area contributed by atoms with Gasteiger partial charge in [-0.2, -0.15) is 0 Å². The Hall–Kier alpha value is -2.32. The molecule has 0 saturated carbocycles. The first-order valence-corrected chi connectivity index (χ1v) is 10.6. The maximum absolute atomic E-state index is 13.8. The van der Waals surface area contributed by atoms with Crippen LogP contribution in [0.2, 0.25) is 0 Å². The molecule has 29 heavy (non-hydrogen) atoms. The molecule has 1 amide bonds. The number of hydrogen-bond acceptors (Lipinski definition) is 5. The smallest absolute Gasteiger partial charge is 0.338 e. The summed E-state index contributed by atoms with van der Waals surface area (Å²) in [6.45, 7) is 5.68. The van der Waals surface area contributed by atoms with Crippen molar-refractivity contribution in [2.75, 3.05) is 32.4 Å². The first kappa shape index (κ1) is 21.4. The number of piperazine rings is 1. The van der Waals surface area contributed by atoms with Crippen LogP contribution in [0.25, 0.3) is 0 Å². The van der Waals surface area contributed by atoms with Gasteiger partial charge in [-0.25, -0.2) is 9.18 Å². The van der Waals surface area contributed by atoms with Crippen LogP contribution in [0.4, 0.5) is 4.39 Å². The lowest BCUT2D eigenvalue weighted by Crippen LogP contribution is -2.57. The van der Waals surface area contributed by atoms with E-state index >= 15 is 0 Å². The Balaban J connectivity index is 2.03. The average Bonchev–Trinajstić information content (AvgIpc) is 2.66. The molecule has 8 heteroatoms. The Bertz CT molecular complexity index is 870. The van der Waals surface area contributed by atoms with Gasteiger partial charge in [-0.15, -0.1) is 11.8 Å². The zero-order valence-electron chi connectivity index (χ0n) is 16.9. The van der Waals surface area contributed by atoms with Crippen molar-refractivity contribution in [2.45, 2.75) is 26.6 Å². The summed E-state index contributed by atoms with van der Waals surface area (Å²) in [4.78, 5) is 30.1. The Morgan fingerprint density at radius 2 is 2.10 bits per heavy atom. The molecule has 1 saturated heterocycles. The van der Waals surface area contributed by atoms with Crippen molar-refractivity contribution in [1.29, 1.82) is 0 Å². The fourth-order valence-corrected chi connectivity index (χ4v) is 4.69. The monoisotopic (exact) mass is 419 g/mol. The van der Waals surface area contributed by atoms with Crippen LogP contribution in [0.15, 0.2) is 46.5 Å². The molecule has 1 fully saturated rings. The van der Waals surface area contributed by atoms with Crippen LogP contribution < -0.4 is 0 Å². The highest BCUT2D eigenvalue weighted by Gasteiger charge is 2.36. The van der Waals surface area contributed by atoms with Crippen molar-refractivity contribution < 1.29 is 19.1 Å². The third kappa shape index (κ3) is 4.64. The molecule has 1 aromatic rings. The lowest BCUT2D eigenvalue weighted by atomic mass is 10.0. The summed E-state index contributed by atoms with van der Waals surface area (Å²) in [7, 11) is 1.78. The first-order valence-electron chi connectivity index (χ1n) is 9.60. The van der Waals surface area contributed by atoms with Gasteiger partial charge in [-0.05, 0) is 42.0 Å². The Morgan fingerprint density at radius 3 is 2.72 bits per heavy atom. The molecule has 0 aliphatic carbocycles. The first-order chi connectivity index (χ1) is 13.8. The van der Waals surface area contributed by atoms with Crippen molar-refractivity contribution in [1.82, 2.24) is 14.7 Å².